The van der Waals surface area contributed by atoms with Crippen LogP contribution in [0.3, 0.4) is 0 Å². The molecule has 1 aliphatic heterocycles. The van der Waals surface area contributed by atoms with Crippen LogP contribution in [0, 0.1) is 5.92 Å². The molecule has 2 aromatic rings. The van der Waals surface area contributed by atoms with Crippen molar-refractivity contribution in [2.75, 3.05) is 23.8 Å². The summed E-state index contributed by atoms with van der Waals surface area (Å²) in [5, 5.41) is 15.4. The number of hydrogen-bond acceptors (Lipinski definition) is 3. The van der Waals surface area contributed by atoms with Crippen LogP contribution >= 0.6 is 15.9 Å². The molecule has 1 unspecified atom stereocenters. The second kappa shape index (κ2) is 7.64. The Morgan fingerprint density at radius 2 is 2.08 bits per heavy atom. The van der Waals surface area contributed by atoms with Gasteiger partial charge in [-0.3, -0.25) is 4.79 Å². The van der Waals surface area contributed by atoms with Crippen molar-refractivity contribution in [2.24, 2.45) is 5.92 Å². The summed E-state index contributed by atoms with van der Waals surface area (Å²) in [6.07, 6.45) is 4.17. The van der Waals surface area contributed by atoms with Crippen LogP contribution in [0.25, 0.3) is 6.08 Å². The molecule has 24 heavy (non-hydrogen) atoms. The first kappa shape index (κ1) is 16.7. The highest BCUT2D eigenvalue weighted by Gasteiger charge is 2.17. The minimum atomic E-state index is -0.165. The van der Waals surface area contributed by atoms with Crippen LogP contribution in [0.5, 0.6) is 0 Å². The molecule has 1 heterocycles. The van der Waals surface area contributed by atoms with Gasteiger partial charge in [0.2, 0.25) is 5.91 Å². The number of aliphatic hydroxyl groups is 1. The summed E-state index contributed by atoms with van der Waals surface area (Å²) in [7, 11) is 0. The van der Waals surface area contributed by atoms with Gasteiger partial charge in [0.1, 0.15) is 0 Å². The third-order valence-electron chi connectivity index (χ3n) is 4.02. The fourth-order valence-corrected chi connectivity index (χ4v) is 2.96. The molecule has 1 amide bonds. The molecule has 0 saturated heterocycles. The molecule has 0 fully saturated rings. The maximum atomic E-state index is 12.1. The molecule has 2 aromatic carbocycles. The van der Waals surface area contributed by atoms with Crippen LogP contribution < -0.4 is 10.6 Å². The third kappa shape index (κ3) is 4.24. The van der Waals surface area contributed by atoms with Crippen LogP contribution in [0.4, 0.5) is 11.4 Å². The van der Waals surface area contributed by atoms with Crippen molar-refractivity contribution < 1.29 is 9.90 Å². The lowest BCUT2D eigenvalue weighted by molar-refractivity contribution is -0.111. The van der Waals surface area contributed by atoms with E-state index in [0.717, 1.165) is 34.4 Å². The number of halogens is 1. The number of carbonyl (C=O) groups is 1. The van der Waals surface area contributed by atoms with E-state index in [1.165, 1.54) is 11.6 Å². The van der Waals surface area contributed by atoms with E-state index in [0.29, 0.717) is 0 Å². The number of nitrogens with one attached hydrogen (secondary N) is 2. The SMILES string of the molecule is O=C(C=Cc1ccc(Br)cc1)Nc1ccc2c(c1)NCC(CO)C2. The monoisotopic (exact) mass is 386 g/mol. The van der Waals surface area contributed by atoms with Gasteiger partial charge in [0.15, 0.2) is 0 Å². The maximum Gasteiger partial charge on any atom is 0.248 e. The highest BCUT2D eigenvalue weighted by Crippen LogP contribution is 2.27. The Kier molecular flexibility index (Phi) is 5.33. The molecule has 124 valence electrons. The zero-order chi connectivity index (χ0) is 16.9. The lowest BCUT2D eigenvalue weighted by atomic mass is 9.94. The second-order valence-corrected chi connectivity index (χ2v) is 6.80. The van der Waals surface area contributed by atoms with Gasteiger partial charge < -0.3 is 15.7 Å². The molecule has 3 rings (SSSR count). The molecule has 1 aliphatic rings. The number of amides is 1. The standard InChI is InChI=1S/C19H19BrN2O2/c20-16-5-1-13(2-6-16)3-8-19(24)22-17-7-4-15-9-14(12-23)11-21-18(15)10-17/h1-8,10,14,21,23H,9,11-12H2,(H,22,24). The van der Waals surface area contributed by atoms with Gasteiger partial charge in [0.05, 0.1) is 0 Å². The van der Waals surface area contributed by atoms with Gasteiger partial charge in [0, 0.05) is 41.0 Å². The van der Waals surface area contributed by atoms with Gasteiger partial charge in [-0.05, 0) is 47.9 Å². The van der Waals surface area contributed by atoms with Gasteiger partial charge in [-0.1, -0.05) is 34.1 Å². The van der Waals surface area contributed by atoms with E-state index < -0.39 is 0 Å². The normalized spacial score (nSPS) is 16.5. The first-order chi connectivity index (χ1) is 11.6. The summed E-state index contributed by atoms with van der Waals surface area (Å²) >= 11 is 3.38. The van der Waals surface area contributed by atoms with Crippen molar-refractivity contribution in [1.82, 2.24) is 0 Å². The summed E-state index contributed by atoms with van der Waals surface area (Å²) in [5.74, 6) is 0.0914. The largest absolute Gasteiger partial charge is 0.396 e. The number of benzene rings is 2. The number of hydrogen-bond donors (Lipinski definition) is 3. The molecule has 1 atom stereocenters. The topological polar surface area (TPSA) is 61.4 Å². The van der Waals surface area contributed by atoms with Crippen molar-refractivity contribution in [3.05, 3.63) is 64.1 Å². The van der Waals surface area contributed by atoms with Crippen molar-refractivity contribution in [2.45, 2.75) is 6.42 Å². The van der Waals surface area contributed by atoms with Gasteiger partial charge >= 0.3 is 0 Å². The van der Waals surface area contributed by atoms with Crippen molar-refractivity contribution in [3.63, 3.8) is 0 Å². The average molecular weight is 387 g/mol. The predicted octanol–water partition coefficient (Wildman–Crippen LogP) is 3.68. The van der Waals surface area contributed by atoms with Crippen LogP contribution in [0.15, 0.2) is 53.0 Å². The molecule has 3 N–H and O–H groups in total. The van der Waals surface area contributed by atoms with Crippen LogP contribution in [0.1, 0.15) is 11.1 Å². The Morgan fingerprint density at radius 1 is 1.29 bits per heavy atom. The van der Waals surface area contributed by atoms with E-state index in [4.69, 9.17) is 0 Å². The van der Waals surface area contributed by atoms with Gasteiger partial charge in [-0.15, -0.1) is 0 Å². The Morgan fingerprint density at radius 3 is 2.83 bits per heavy atom. The summed E-state index contributed by atoms with van der Waals surface area (Å²) in [4.78, 5) is 12.1. The summed E-state index contributed by atoms with van der Waals surface area (Å²) in [6, 6.07) is 13.6. The molecule has 0 radical (unpaired) electrons. The highest BCUT2D eigenvalue weighted by atomic mass is 79.9. The molecule has 0 spiro atoms. The summed E-state index contributed by atoms with van der Waals surface area (Å²) in [5.41, 5.74) is 3.92. The van der Waals surface area contributed by atoms with Gasteiger partial charge in [0.25, 0.3) is 0 Å². The quantitative estimate of drug-likeness (QED) is 0.702. The van der Waals surface area contributed by atoms with Crippen LogP contribution in [-0.2, 0) is 11.2 Å². The Balaban J connectivity index is 1.63. The molecule has 0 bridgehead atoms. The first-order valence-corrected chi connectivity index (χ1v) is 8.65. The minimum absolute atomic E-state index is 0.165. The van der Waals surface area contributed by atoms with Gasteiger partial charge in [-0.25, -0.2) is 0 Å². The third-order valence-corrected chi connectivity index (χ3v) is 4.55. The van der Waals surface area contributed by atoms with Crippen LogP contribution in [0.2, 0.25) is 0 Å². The van der Waals surface area contributed by atoms with E-state index in [1.807, 2.05) is 42.5 Å². The number of fused-ring (bicyclic) bond motifs is 1. The van der Waals surface area contributed by atoms with E-state index in [-0.39, 0.29) is 18.4 Å². The summed E-state index contributed by atoms with van der Waals surface area (Å²) < 4.78 is 1.01. The van der Waals surface area contributed by atoms with Gasteiger partial charge in [-0.2, -0.15) is 0 Å². The van der Waals surface area contributed by atoms with Crippen molar-refractivity contribution in [3.8, 4) is 0 Å². The van der Waals surface area contributed by atoms with E-state index in [9.17, 15) is 9.90 Å². The van der Waals surface area contributed by atoms with E-state index in [1.54, 1.807) is 6.08 Å². The lowest BCUT2D eigenvalue weighted by Gasteiger charge is -2.25. The van der Waals surface area contributed by atoms with E-state index in [2.05, 4.69) is 26.6 Å². The molecular formula is C19H19BrN2O2. The highest BCUT2D eigenvalue weighted by molar-refractivity contribution is 9.10. The Hall–Kier alpha value is -2.11. The summed E-state index contributed by atoms with van der Waals surface area (Å²) in [6.45, 7) is 0.941. The molecule has 0 aromatic heterocycles. The molecule has 4 nitrogen and oxygen atoms in total. The Labute approximate surface area is 149 Å². The maximum absolute atomic E-state index is 12.1. The fraction of sp³-hybridized carbons (Fsp3) is 0.211. The molecule has 0 aliphatic carbocycles. The molecular weight excluding hydrogens is 368 g/mol. The van der Waals surface area contributed by atoms with Crippen molar-refractivity contribution >= 4 is 39.3 Å². The zero-order valence-corrected chi connectivity index (χ0v) is 14.7. The Bertz CT molecular complexity index is 756. The van der Waals surface area contributed by atoms with E-state index >= 15 is 0 Å². The minimum Gasteiger partial charge on any atom is -0.396 e. The zero-order valence-electron chi connectivity index (χ0n) is 13.1. The number of rotatable bonds is 4. The average Bonchev–Trinajstić information content (AvgIpc) is 2.61. The number of aliphatic hydroxyl groups excluding tert-OH is 1. The molecule has 5 heteroatoms. The predicted molar refractivity (Wildman–Crippen MR) is 101 cm³/mol. The molecule has 0 saturated carbocycles. The first-order valence-electron chi connectivity index (χ1n) is 7.86. The lowest BCUT2D eigenvalue weighted by Crippen LogP contribution is -2.25. The number of carbonyl (C=O) groups excluding carboxylic acids is 1. The van der Waals surface area contributed by atoms with Crippen molar-refractivity contribution in [1.29, 1.82) is 0 Å². The number of anilines is 2. The smallest absolute Gasteiger partial charge is 0.248 e. The van der Waals surface area contributed by atoms with Crippen LogP contribution in [-0.4, -0.2) is 24.2 Å². The second-order valence-electron chi connectivity index (χ2n) is 5.88. The fourth-order valence-electron chi connectivity index (χ4n) is 2.69.